The first-order valence-corrected chi connectivity index (χ1v) is 9.66. The van der Waals surface area contributed by atoms with E-state index in [2.05, 4.69) is 0 Å². The lowest BCUT2D eigenvalue weighted by molar-refractivity contribution is -0.139. The molecule has 2 fully saturated rings. The Morgan fingerprint density at radius 3 is 2.50 bits per heavy atom. The molecule has 0 aromatic heterocycles. The number of hydrogen-bond donors (Lipinski definition) is 0. The van der Waals surface area contributed by atoms with Crippen molar-refractivity contribution in [1.82, 2.24) is 9.80 Å². The van der Waals surface area contributed by atoms with Crippen LogP contribution in [0, 0.1) is 12.3 Å². The van der Waals surface area contributed by atoms with E-state index in [1.54, 1.807) is 7.11 Å². The molecule has 0 atom stereocenters. The summed E-state index contributed by atoms with van der Waals surface area (Å²) in [6, 6.07) is 7.81. The highest BCUT2D eigenvalue weighted by molar-refractivity contribution is 5.94. The van der Waals surface area contributed by atoms with E-state index in [0.29, 0.717) is 13.0 Å². The van der Waals surface area contributed by atoms with Gasteiger partial charge in [-0.05, 0) is 50.2 Å². The number of likely N-dealkylation sites (tertiary alicyclic amines) is 2. The topological polar surface area (TPSA) is 49.9 Å². The average Bonchev–Trinajstić information content (AvgIpc) is 2.66. The van der Waals surface area contributed by atoms with E-state index in [-0.39, 0.29) is 17.2 Å². The summed E-state index contributed by atoms with van der Waals surface area (Å²) in [5, 5.41) is 0. The van der Waals surface area contributed by atoms with Gasteiger partial charge in [-0.1, -0.05) is 17.7 Å². The maximum Gasteiger partial charge on any atom is 0.253 e. The molecule has 1 aromatic rings. The minimum Gasteiger partial charge on any atom is -0.385 e. The van der Waals surface area contributed by atoms with Crippen molar-refractivity contribution in [2.45, 2.75) is 39.0 Å². The smallest absolute Gasteiger partial charge is 0.253 e. The van der Waals surface area contributed by atoms with Crippen molar-refractivity contribution >= 4 is 11.8 Å². The molecule has 5 heteroatoms. The highest BCUT2D eigenvalue weighted by Gasteiger charge is 2.41. The molecule has 5 nitrogen and oxygen atoms in total. The van der Waals surface area contributed by atoms with Gasteiger partial charge in [0.25, 0.3) is 5.91 Å². The van der Waals surface area contributed by atoms with E-state index >= 15 is 0 Å². The van der Waals surface area contributed by atoms with Crippen molar-refractivity contribution in [2.24, 2.45) is 5.41 Å². The summed E-state index contributed by atoms with van der Waals surface area (Å²) in [7, 11) is 1.69. The van der Waals surface area contributed by atoms with Crippen LogP contribution < -0.4 is 0 Å². The molecule has 0 N–H and O–H groups in total. The molecular weight excluding hydrogens is 328 g/mol. The Morgan fingerprint density at radius 1 is 1.15 bits per heavy atom. The highest BCUT2D eigenvalue weighted by atomic mass is 16.5. The largest absolute Gasteiger partial charge is 0.385 e. The third-order valence-corrected chi connectivity index (χ3v) is 5.93. The molecule has 26 heavy (non-hydrogen) atoms. The Morgan fingerprint density at radius 2 is 1.85 bits per heavy atom. The Kier molecular flexibility index (Phi) is 5.97. The van der Waals surface area contributed by atoms with Crippen LogP contribution in [0.15, 0.2) is 24.3 Å². The van der Waals surface area contributed by atoms with E-state index < -0.39 is 0 Å². The molecule has 2 heterocycles. The van der Waals surface area contributed by atoms with Gasteiger partial charge in [-0.3, -0.25) is 9.59 Å². The summed E-state index contributed by atoms with van der Waals surface area (Å²) in [6.07, 6.45) is 4.45. The molecule has 2 amide bonds. The zero-order valence-corrected chi connectivity index (χ0v) is 16.0. The van der Waals surface area contributed by atoms with Crippen molar-refractivity contribution in [3.8, 4) is 0 Å². The molecule has 142 valence electrons. The van der Waals surface area contributed by atoms with Gasteiger partial charge in [-0.15, -0.1) is 0 Å². The SMILES string of the molecule is COCCCN1CC2(CCC1=O)CCN(C(=O)c1ccc(C)cc1)CC2. The van der Waals surface area contributed by atoms with Crippen molar-refractivity contribution in [2.75, 3.05) is 39.9 Å². The Hall–Kier alpha value is -1.88. The lowest BCUT2D eigenvalue weighted by Crippen LogP contribution is -2.52. The van der Waals surface area contributed by atoms with Gasteiger partial charge in [0.2, 0.25) is 5.91 Å². The lowest BCUT2D eigenvalue weighted by Gasteiger charge is -2.47. The number of rotatable bonds is 5. The van der Waals surface area contributed by atoms with Gasteiger partial charge >= 0.3 is 0 Å². The number of piperidine rings is 2. The number of aryl methyl sites for hydroxylation is 1. The van der Waals surface area contributed by atoms with E-state index in [0.717, 1.165) is 57.4 Å². The van der Waals surface area contributed by atoms with Crippen LogP contribution in [-0.4, -0.2) is 61.5 Å². The quantitative estimate of drug-likeness (QED) is 0.761. The molecular formula is C21H30N2O3. The van der Waals surface area contributed by atoms with Crippen molar-refractivity contribution in [1.29, 1.82) is 0 Å². The Labute approximate surface area is 156 Å². The van der Waals surface area contributed by atoms with Gasteiger partial charge in [0.05, 0.1) is 0 Å². The van der Waals surface area contributed by atoms with Crippen LogP contribution in [0.3, 0.4) is 0 Å². The fourth-order valence-corrected chi connectivity index (χ4v) is 4.18. The molecule has 1 aromatic carbocycles. The van der Waals surface area contributed by atoms with Crippen molar-refractivity contribution < 1.29 is 14.3 Å². The van der Waals surface area contributed by atoms with E-state index in [1.165, 1.54) is 5.56 Å². The molecule has 0 bridgehead atoms. The fraction of sp³-hybridized carbons (Fsp3) is 0.619. The van der Waals surface area contributed by atoms with Crippen LogP contribution in [0.2, 0.25) is 0 Å². The van der Waals surface area contributed by atoms with Crippen LogP contribution >= 0.6 is 0 Å². The maximum atomic E-state index is 12.7. The molecule has 2 aliphatic rings. The monoisotopic (exact) mass is 358 g/mol. The Bertz CT molecular complexity index is 633. The van der Waals surface area contributed by atoms with E-state index in [1.807, 2.05) is 41.0 Å². The third kappa shape index (κ3) is 4.26. The number of carbonyl (C=O) groups excluding carboxylic acids is 2. The summed E-state index contributed by atoms with van der Waals surface area (Å²) < 4.78 is 5.11. The van der Waals surface area contributed by atoms with Crippen LogP contribution in [0.25, 0.3) is 0 Å². The van der Waals surface area contributed by atoms with Gasteiger partial charge in [0.15, 0.2) is 0 Å². The predicted octanol–water partition coefficient (Wildman–Crippen LogP) is 2.88. The van der Waals surface area contributed by atoms with Gasteiger partial charge in [-0.2, -0.15) is 0 Å². The van der Waals surface area contributed by atoms with Gasteiger partial charge in [0.1, 0.15) is 0 Å². The highest BCUT2D eigenvalue weighted by Crippen LogP contribution is 2.40. The first kappa shape index (κ1) is 18.9. The van der Waals surface area contributed by atoms with Crippen LogP contribution in [0.4, 0.5) is 0 Å². The summed E-state index contributed by atoms with van der Waals surface area (Å²) >= 11 is 0. The maximum absolute atomic E-state index is 12.7. The molecule has 3 rings (SSSR count). The van der Waals surface area contributed by atoms with Crippen molar-refractivity contribution in [3.05, 3.63) is 35.4 Å². The lowest BCUT2D eigenvalue weighted by atomic mass is 9.72. The average molecular weight is 358 g/mol. The number of nitrogens with zero attached hydrogens (tertiary/aromatic N) is 2. The summed E-state index contributed by atoms with van der Waals surface area (Å²) in [4.78, 5) is 28.9. The molecule has 1 spiro atoms. The van der Waals surface area contributed by atoms with Gasteiger partial charge < -0.3 is 14.5 Å². The number of carbonyl (C=O) groups is 2. The number of ether oxygens (including phenoxy) is 1. The first-order chi connectivity index (χ1) is 12.5. The standard InChI is InChI=1S/C21H30N2O3/c1-17-4-6-18(7-5-17)20(25)22-13-10-21(11-14-22)9-8-19(24)23(16-21)12-3-15-26-2/h4-7H,3,8-16H2,1-2H3. The Balaban J connectivity index is 1.57. The minimum atomic E-state index is 0.128. The van der Waals surface area contributed by atoms with Crippen molar-refractivity contribution in [3.63, 3.8) is 0 Å². The molecule has 0 aliphatic carbocycles. The summed E-state index contributed by atoms with van der Waals surface area (Å²) in [5.41, 5.74) is 2.12. The second-order valence-electron chi connectivity index (χ2n) is 7.82. The zero-order chi connectivity index (χ0) is 18.6. The first-order valence-electron chi connectivity index (χ1n) is 9.66. The molecule has 2 aliphatic heterocycles. The van der Waals surface area contributed by atoms with Crippen LogP contribution in [0.1, 0.15) is 48.0 Å². The van der Waals surface area contributed by atoms with E-state index in [9.17, 15) is 9.59 Å². The van der Waals surface area contributed by atoms with Gasteiger partial charge in [0, 0.05) is 51.9 Å². The van der Waals surface area contributed by atoms with E-state index in [4.69, 9.17) is 4.74 Å². The fourth-order valence-electron chi connectivity index (χ4n) is 4.18. The summed E-state index contributed by atoms with van der Waals surface area (Å²) in [6.45, 7) is 5.90. The minimum absolute atomic E-state index is 0.128. The second-order valence-corrected chi connectivity index (χ2v) is 7.82. The molecule has 2 saturated heterocycles. The number of hydrogen-bond acceptors (Lipinski definition) is 3. The van der Waals surface area contributed by atoms with Gasteiger partial charge in [-0.25, -0.2) is 0 Å². The third-order valence-electron chi connectivity index (χ3n) is 5.93. The molecule has 0 saturated carbocycles. The summed E-state index contributed by atoms with van der Waals surface area (Å²) in [5.74, 6) is 0.397. The predicted molar refractivity (Wildman–Crippen MR) is 101 cm³/mol. The number of methoxy groups -OCH3 is 1. The number of benzene rings is 1. The van der Waals surface area contributed by atoms with Crippen LogP contribution in [-0.2, 0) is 9.53 Å². The number of amides is 2. The molecule has 0 unspecified atom stereocenters. The second kappa shape index (κ2) is 8.21. The normalized spacial score (nSPS) is 19.8. The molecule has 0 radical (unpaired) electrons. The van der Waals surface area contributed by atoms with Crippen LogP contribution in [0.5, 0.6) is 0 Å². The zero-order valence-electron chi connectivity index (χ0n) is 16.0.